The number of nitrogens with zero attached hydrogens (tertiary/aromatic N) is 3. The minimum Gasteiger partial charge on any atom is -0.314 e. The van der Waals surface area contributed by atoms with Gasteiger partial charge in [0.15, 0.2) is 0 Å². The average molecular weight is 953 g/mol. The van der Waals surface area contributed by atoms with Crippen LogP contribution in [0.2, 0.25) is 0 Å². The van der Waals surface area contributed by atoms with Gasteiger partial charge in [0.2, 0.25) is 0 Å². The monoisotopic (exact) mass is 952 g/mol. The molecule has 2 N–H and O–H groups in total. The van der Waals surface area contributed by atoms with E-state index in [1.54, 1.807) is 0 Å². The second-order valence-electron chi connectivity index (χ2n) is 20.4. The number of carbonyl (C=O) groups is 2. The van der Waals surface area contributed by atoms with Gasteiger partial charge in [-0.2, -0.15) is 0 Å². The van der Waals surface area contributed by atoms with Crippen LogP contribution in [0.15, 0.2) is 0 Å². The molecule has 0 saturated carbocycles. The molecular weight excluding hydrogens is 823 g/mol. The van der Waals surface area contributed by atoms with Gasteiger partial charge in [-0.3, -0.25) is 0 Å². The lowest BCUT2D eigenvalue weighted by Crippen LogP contribution is -2.40. The Bertz CT molecular complexity index is 795. The Morgan fingerprint density at radius 2 is 0.627 bits per heavy atom. The molecule has 406 valence electrons. The minimum atomic E-state index is 0.510. The summed E-state index contributed by atoms with van der Waals surface area (Å²) < 4.78 is 0. The van der Waals surface area contributed by atoms with Crippen LogP contribution in [-0.2, 0) is 9.59 Å². The van der Waals surface area contributed by atoms with E-state index in [4.69, 9.17) is 4.79 Å². The molecule has 1 rings (SSSR count). The molecule has 1 fully saturated rings. The molecule has 0 spiro atoms. The zero-order valence-corrected chi connectivity index (χ0v) is 47.8. The number of rotatable bonds is 47. The van der Waals surface area contributed by atoms with E-state index in [0.29, 0.717) is 6.54 Å². The molecule has 1 aliphatic heterocycles. The first kappa shape index (κ1) is 72.7. The van der Waals surface area contributed by atoms with Gasteiger partial charge in [-0.05, 0) is 86.0 Å². The molecule has 0 atom stereocenters. The third-order valence-corrected chi connectivity index (χ3v) is 13.3. The first-order chi connectivity index (χ1) is 32.9. The van der Waals surface area contributed by atoms with Crippen LogP contribution in [0.1, 0.15) is 291 Å². The number of hydrogen-bond donors (Lipinski definition) is 2. The molecule has 1 heterocycles. The maximum absolute atomic E-state index is 9.95. The molecule has 0 aliphatic carbocycles. The highest BCUT2D eigenvalue weighted by molar-refractivity contribution is 5.51. The normalized spacial score (nSPS) is 12.4. The number of piperazine rings is 1. The lowest BCUT2D eigenvalue weighted by Gasteiger charge is -2.21. The number of aldehydes is 1. The number of nitrogens with one attached hydrogen (secondary N) is 2. The van der Waals surface area contributed by atoms with E-state index in [9.17, 15) is 4.79 Å². The van der Waals surface area contributed by atoms with Crippen molar-refractivity contribution >= 4 is 13.1 Å². The molecule has 1 aliphatic rings. The lowest BCUT2D eigenvalue weighted by molar-refractivity contribution is -0.107. The summed E-state index contributed by atoms with van der Waals surface area (Å²) in [5.41, 5.74) is 0. The smallest absolute Gasteiger partial charge is 0.133 e. The van der Waals surface area contributed by atoms with Crippen LogP contribution < -0.4 is 10.6 Å². The Balaban J connectivity index is -0.000000419. The van der Waals surface area contributed by atoms with Crippen LogP contribution in [-0.4, -0.2) is 114 Å². The molecule has 0 unspecified atom stereocenters. The summed E-state index contributed by atoms with van der Waals surface area (Å²) >= 11 is 0. The summed E-state index contributed by atoms with van der Waals surface area (Å²) in [6.07, 6.45) is 57.6. The van der Waals surface area contributed by atoms with E-state index in [1.807, 2.05) is 6.79 Å². The van der Waals surface area contributed by atoms with E-state index in [1.165, 1.54) is 296 Å². The van der Waals surface area contributed by atoms with Crippen LogP contribution >= 0.6 is 0 Å². The largest absolute Gasteiger partial charge is 0.314 e. The molecule has 0 aromatic rings. The van der Waals surface area contributed by atoms with Crippen LogP contribution in [0.4, 0.5) is 0 Å². The fourth-order valence-corrected chi connectivity index (χ4v) is 8.61. The molecule has 1 saturated heterocycles. The summed E-state index contributed by atoms with van der Waals surface area (Å²) in [5, 5.41) is 6.34. The van der Waals surface area contributed by atoms with E-state index in [-0.39, 0.29) is 0 Å². The predicted octanol–water partition coefficient (Wildman–Crippen LogP) is 16.7. The van der Waals surface area contributed by atoms with E-state index in [0.717, 1.165) is 25.9 Å². The zero-order chi connectivity index (χ0) is 50.2. The van der Waals surface area contributed by atoms with Crippen LogP contribution in [0.25, 0.3) is 0 Å². The van der Waals surface area contributed by atoms with Crippen LogP contribution in [0.5, 0.6) is 0 Å². The van der Waals surface area contributed by atoms with Gasteiger partial charge in [0.05, 0.1) is 6.54 Å². The van der Waals surface area contributed by atoms with E-state index >= 15 is 0 Å². The molecule has 7 nitrogen and oxygen atoms in total. The topological polar surface area (TPSA) is 67.9 Å². The highest BCUT2D eigenvalue weighted by atomic mass is 16.1. The van der Waals surface area contributed by atoms with Crippen molar-refractivity contribution in [3.63, 3.8) is 0 Å². The molecule has 7 heteroatoms. The van der Waals surface area contributed by atoms with Crippen molar-refractivity contribution in [2.45, 2.75) is 291 Å². The number of hydrogen-bond acceptors (Lipinski definition) is 7. The van der Waals surface area contributed by atoms with Gasteiger partial charge in [0, 0.05) is 26.2 Å². The summed E-state index contributed by atoms with van der Waals surface area (Å²) in [6.45, 7) is 24.9. The first-order valence-electron chi connectivity index (χ1n) is 30.1. The Morgan fingerprint density at radius 3 is 0.836 bits per heavy atom. The van der Waals surface area contributed by atoms with E-state index in [2.05, 4.69) is 81.1 Å². The highest BCUT2D eigenvalue weighted by Crippen LogP contribution is 2.13. The lowest BCUT2D eigenvalue weighted by atomic mass is 10.1. The quantitative estimate of drug-likeness (QED) is 0.0465. The van der Waals surface area contributed by atoms with Gasteiger partial charge in [-0.25, -0.2) is 0 Å². The molecule has 0 aromatic heterocycles. The van der Waals surface area contributed by atoms with Crippen molar-refractivity contribution in [3.8, 4) is 0 Å². The van der Waals surface area contributed by atoms with E-state index < -0.39 is 0 Å². The number of unbranched alkanes of at least 4 members (excludes halogenated alkanes) is 35. The summed E-state index contributed by atoms with van der Waals surface area (Å²) in [6, 6.07) is 0. The van der Waals surface area contributed by atoms with Crippen molar-refractivity contribution in [2.75, 3.05) is 86.6 Å². The minimum absolute atomic E-state index is 0.510. The second kappa shape index (κ2) is 71.7. The molecule has 0 aromatic carbocycles. The summed E-state index contributed by atoms with van der Waals surface area (Å²) in [5.74, 6) is 0. The van der Waals surface area contributed by atoms with Crippen molar-refractivity contribution in [1.29, 1.82) is 0 Å². The maximum atomic E-state index is 9.95. The second-order valence-corrected chi connectivity index (χ2v) is 20.4. The fraction of sp³-hybridized carbons (Fsp3) is 0.967. The van der Waals surface area contributed by atoms with Crippen LogP contribution in [0.3, 0.4) is 0 Å². The zero-order valence-electron chi connectivity index (χ0n) is 47.8. The Labute approximate surface area is 424 Å². The SMILES string of the molecule is C=O.CCCCCCCCCCCCN(C)CCCCCCCCCCC.CCCCCCCCCN(C)CCCCCCCCC.CCCCCCCCCNCC=O.CN1CCNCC1. The molecule has 67 heavy (non-hydrogen) atoms. The Kier molecular flexibility index (Phi) is 77.8. The Morgan fingerprint density at radius 1 is 0.403 bits per heavy atom. The van der Waals surface area contributed by atoms with Gasteiger partial charge in [0.25, 0.3) is 0 Å². The fourth-order valence-electron chi connectivity index (χ4n) is 8.61. The van der Waals surface area contributed by atoms with Crippen molar-refractivity contribution in [1.82, 2.24) is 25.3 Å². The maximum Gasteiger partial charge on any atom is 0.133 e. The van der Waals surface area contributed by atoms with Gasteiger partial charge in [-0.1, -0.05) is 259 Å². The number of carbonyl (C=O) groups excluding carboxylic acids is 2. The number of likely N-dealkylation sites (N-methyl/N-ethyl adjacent to an activating group) is 1. The van der Waals surface area contributed by atoms with Gasteiger partial charge in [0.1, 0.15) is 13.1 Å². The Hall–Kier alpha value is -0.860. The van der Waals surface area contributed by atoms with Gasteiger partial charge in [-0.15, -0.1) is 0 Å². The molecule has 0 radical (unpaired) electrons. The predicted molar refractivity (Wildman–Crippen MR) is 304 cm³/mol. The first-order valence-corrected chi connectivity index (χ1v) is 30.1. The van der Waals surface area contributed by atoms with Crippen molar-refractivity contribution < 1.29 is 9.59 Å². The summed E-state index contributed by atoms with van der Waals surface area (Å²) in [7, 11) is 6.77. The van der Waals surface area contributed by atoms with Gasteiger partial charge < -0.3 is 34.9 Å². The standard InChI is InChI=1S/C24H51N.C19H41N.C11H23NO.C5H12N2.CH2O/c1-4-6-8-10-12-14-16-18-20-22-24-25(3)23-21-19-17-15-13-11-9-7-5-2;1-4-6-8-10-12-14-16-18-20(3)19-17-15-13-11-9-7-5-2;1-2-3-4-5-6-7-8-9-12-10-11-13;1-7-4-2-6-3-5-7;1-2/h4-24H2,1-3H3;4-19H2,1-3H3;11-12H,2-10H2,1H3;6H,2-5H2,1H3;1H2. The van der Waals surface area contributed by atoms with Gasteiger partial charge >= 0.3 is 0 Å². The van der Waals surface area contributed by atoms with Crippen LogP contribution in [0, 0.1) is 0 Å². The molecule has 0 amide bonds. The molecular formula is C60H129N5O2. The summed E-state index contributed by atoms with van der Waals surface area (Å²) in [4.78, 5) is 25.4. The molecule has 0 bridgehead atoms. The van der Waals surface area contributed by atoms with Crippen molar-refractivity contribution in [2.24, 2.45) is 0 Å². The third-order valence-electron chi connectivity index (χ3n) is 13.3. The highest BCUT2D eigenvalue weighted by Gasteiger charge is 2.02. The average Bonchev–Trinajstić information content (AvgIpc) is 3.34. The van der Waals surface area contributed by atoms with Crippen molar-refractivity contribution in [3.05, 3.63) is 0 Å². The third kappa shape index (κ3) is 76.8.